The van der Waals surface area contributed by atoms with Crippen LogP contribution in [0.3, 0.4) is 0 Å². The molecule has 1 saturated heterocycles. The van der Waals surface area contributed by atoms with E-state index in [-0.39, 0.29) is 11.7 Å². The van der Waals surface area contributed by atoms with Gasteiger partial charge < -0.3 is 14.9 Å². The Morgan fingerprint density at radius 3 is 2.55 bits per heavy atom. The number of amides is 3. The number of phenols is 1. The van der Waals surface area contributed by atoms with Gasteiger partial charge in [-0.05, 0) is 31.5 Å². The van der Waals surface area contributed by atoms with Crippen LogP contribution in [0.2, 0.25) is 0 Å². The predicted octanol–water partition coefficient (Wildman–Crippen LogP) is 1.66. The van der Waals surface area contributed by atoms with Crippen LogP contribution in [-0.4, -0.2) is 28.2 Å². The fourth-order valence-corrected chi connectivity index (χ4v) is 2.55. The first-order valence-corrected chi connectivity index (χ1v) is 6.82. The lowest BCUT2D eigenvalue weighted by atomic mass is 10.1. The second-order valence-corrected chi connectivity index (χ2v) is 5.22. The topological polar surface area (TPSA) is 95.7 Å². The summed E-state index contributed by atoms with van der Waals surface area (Å²) in [6.45, 7) is 3.34. The zero-order chi connectivity index (χ0) is 15.9. The van der Waals surface area contributed by atoms with Crippen LogP contribution in [0, 0.1) is 13.8 Å². The molecule has 0 bridgehead atoms. The number of nitrogens with one attached hydrogen (secondary N) is 1. The highest BCUT2D eigenvalue weighted by Gasteiger charge is 2.41. The summed E-state index contributed by atoms with van der Waals surface area (Å²) in [5.41, 5.74) is 1.74. The van der Waals surface area contributed by atoms with Gasteiger partial charge in [0.2, 0.25) is 0 Å². The van der Waals surface area contributed by atoms with Crippen molar-refractivity contribution in [3.63, 3.8) is 0 Å². The van der Waals surface area contributed by atoms with E-state index in [1.165, 1.54) is 0 Å². The molecule has 0 spiro atoms. The normalized spacial score (nSPS) is 17.9. The molecular weight excluding hydrogens is 286 g/mol. The molecule has 7 nitrogen and oxygen atoms in total. The van der Waals surface area contributed by atoms with Crippen LogP contribution in [0.5, 0.6) is 5.75 Å². The van der Waals surface area contributed by atoms with Gasteiger partial charge in [-0.25, -0.2) is 9.69 Å². The molecular formula is C15H15N3O4. The van der Waals surface area contributed by atoms with Gasteiger partial charge in [0.15, 0.2) is 5.76 Å². The molecule has 22 heavy (non-hydrogen) atoms. The third-order valence-corrected chi connectivity index (χ3v) is 3.61. The van der Waals surface area contributed by atoms with Crippen molar-refractivity contribution < 1.29 is 19.2 Å². The molecule has 0 saturated carbocycles. The quantitative estimate of drug-likeness (QED) is 0.841. The maximum atomic E-state index is 12.5. The number of hydrogen-bond acceptors (Lipinski definition) is 5. The number of carbonyl (C=O) groups excluding carboxylic acids is 2. The average molecular weight is 301 g/mol. The molecule has 114 valence electrons. The van der Waals surface area contributed by atoms with Crippen LogP contribution >= 0.6 is 0 Å². The number of urea groups is 1. The highest BCUT2D eigenvalue weighted by Crippen LogP contribution is 2.28. The third kappa shape index (κ3) is 2.30. The molecule has 0 radical (unpaired) electrons. The number of rotatable bonds is 3. The van der Waals surface area contributed by atoms with Crippen molar-refractivity contribution in [3.8, 4) is 5.75 Å². The Kier molecular flexibility index (Phi) is 3.32. The summed E-state index contributed by atoms with van der Waals surface area (Å²) in [6, 6.07) is 5.39. The van der Waals surface area contributed by atoms with Gasteiger partial charge in [-0.1, -0.05) is 17.3 Å². The monoisotopic (exact) mass is 301 g/mol. The number of phenolic OH excluding ortho intramolecular Hbond substituents is 1. The minimum absolute atomic E-state index is 0.155. The lowest BCUT2D eigenvalue weighted by Crippen LogP contribution is -2.33. The lowest BCUT2D eigenvalue weighted by Gasteiger charge is -2.12. The Balaban J connectivity index is 1.84. The lowest BCUT2D eigenvalue weighted by molar-refractivity contribution is -0.118. The van der Waals surface area contributed by atoms with E-state index in [9.17, 15) is 14.7 Å². The first-order chi connectivity index (χ1) is 10.5. The van der Waals surface area contributed by atoms with Crippen LogP contribution in [0.1, 0.15) is 17.0 Å². The van der Waals surface area contributed by atoms with Crippen LogP contribution in [0.25, 0.3) is 0 Å². The number of aryl methyl sites for hydroxylation is 2. The second kappa shape index (κ2) is 5.18. The molecule has 7 heteroatoms. The van der Waals surface area contributed by atoms with Gasteiger partial charge in [-0.2, -0.15) is 0 Å². The van der Waals surface area contributed by atoms with Crippen LogP contribution in [0.4, 0.5) is 10.5 Å². The molecule has 2 aromatic rings. The summed E-state index contributed by atoms with van der Waals surface area (Å²) in [6.07, 6.45) is 0.352. The number of aromatic nitrogens is 1. The predicted molar refractivity (Wildman–Crippen MR) is 77.6 cm³/mol. The zero-order valence-corrected chi connectivity index (χ0v) is 12.2. The number of imide groups is 1. The van der Waals surface area contributed by atoms with Gasteiger partial charge in [0.05, 0.1) is 0 Å². The first-order valence-electron chi connectivity index (χ1n) is 6.82. The Hall–Kier alpha value is -2.83. The summed E-state index contributed by atoms with van der Waals surface area (Å²) in [5.74, 6) is 0.238. The standard InChI is InChI=1S/C15H15N3O4/c1-8-13(9(2)22-17-8)18-14(20)12(16-15(18)21)7-10-3-5-11(19)6-4-10/h3-6,12,19H,7H2,1-2H3,(H,16,21). The van der Waals surface area contributed by atoms with E-state index < -0.39 is 12.1 Å². The van der Waals surface area contributed by atoms with Crippen LogP contribution in [0.15, 0.2) is 28.8 Å². The Labute approximate surface area is 126 Å². The summed E-state index contributed by atoms with van der Waals surface area (Å²) in [5, 5.41) is 15.7. The number of anilines is 1. The van der Waals surface area contributed by atoms with Gasteiger partial charge in [-0.3, -0.25) is 4.79 Å². The summed E-state index contributed by atoms with van der Waals surface area (Å²) < 4.78 is 5.02. The van der Waals surface area contributed by atoms with E-state index in [2.05, 4.69) is 10.5 Å². The van der Waals surface area contributed by atoms with E-state index in [0.29, 0.717) is 23.6 Å². The number of nitrogens with zero attached hydrogens (tertiary/aromatic N) is 2. The Morgan fingerprint density at radius 1 is 1.27 bits per heavy atom. The molecule has 3 amide bonds. The van der Waals surface area contributed by atoms with Crippen molar-refractivity contribution >= 4 is 17.6 Å². The van der Waals surface area contributed by atoms with Gasteiger partial charge in [-0.15, -0.1) is 0 Å². The fraction of sp³-hybridized carbons (Fsp3) is 0.267. The summed E-state index contributed by atoms with van der Waals surface area (Å²) >= 11 is 0. The van der Waals surface area contributed by atoms with Crippen LogP contribution in [-0.2, 0) is 11.2 Å². The zero-order valence-electron chi connectivity index (χ0n) is 12.2. The van der Waals surface area contributed by atoms with Crippen molar-refractivity contribution in [2.45, 2.75) is 26.3 Å². The van der Waals surface area contributed by atoms with Crippen molar-refractivity contribution in [2.24, 2.45) is 0 Å². The summed E-state index contributed by atoms with van der Waals surface area (Å²) in [4.78, 5) is 25.7. The third-order valence-electron chi connectivity index (χ3n) is 3.61. The molecule has 1 aliphatic heterocycles. The van der Waals surface area contributed by atoms with E-state index in [0.717, 1.165) is 10.5 Å². The highest BCUT2D eigenvalue weighted by atomic mass is 16.5. The minimum Gasteiger partial charge on any atom is -0.508 e. The minimum atomic E-state index is -0.647. The number of hydrogen-bond donors (Lipinski definition) is 2. The maximum Gasteiger partial charge on any atom is 0.329 e. The fourth-order valence-electron chi connectivity index (χ4n) is 2.55. The average Bonchev–Trinajstić information content (AvgIpc) is 2.94. The molecule has 1 aliphatic rings. The second-order valence-electron chi connectivity index (χ2n) is 5.22. The molecule has 2 heterocycles. The largest absolute Gasteiger partial charge is 0.508 e. The van der Waals surface area contributed by atoms with Gasteiger partial charge >= 0.3 is 6.03 Å². The molecule has 3 rings (SSSR count). The SMILES string of the molecule is Cc1noc(C)c1N1C(=O)NC(Cc2ccc(O)cc2)C1=O. The molecule has 1 unspecified atom stereocenters. The van der Waals surface area contributed by atoms with Crippen molar-refractivity contribution in [1.29, 1.82) is 0 Å². The van der Waals surface area contributed by atoms with Crippen molar-refractivity contribution in [1.82, 2.24) is 10.5 Å². The Morgan fingerprint density at radius 2 is 1.95 bits per heavy atom. The molecule has 0 aliphatic carbocycles. The smallest absolute Gasteiger partial charge is 0.329 e. The van der Waals surface area contributed by atoms with E-state index in [1.54, 1.807) is 38.1 Å². The first kappa shape index (κ1) is 14.1. The van der Waals surface area contributed by atoms with Gasteiger partial charge in [0.1, 0.15) is 23.2 Å². The number of carbonyl (C=O) groups is 2. The van der Waals surface area contributed by atoms with Crippen LogP contribution < -0.4 is 10.2 Å². The molecule has 1 aromatic carbocycles. The molecule has 2 N–H and O–H groups in total. The maximum absolute atomic E-state index is 12.5. The molecule has 1 atom stereocenters. The van der Waals surface area contributed by atoms with Crippen molar-refractivity contribution in [2.75, 3.05) is 4.90 Å². The number of aromatic hydroxyl groups is 1. The van der Waals surface area contributed by atoms with Crippen molar-refractivity contribution in [3.05, 3.63) is 41.3 Å². The highest BCUT2D eigenvalue weighted by molar-refractivity contribution is 6.21. The number of benzene rings is 1. The van der Waals surface area contributed by atoms with Gasteiger partial charge in [0, 0.05) is 6.42 Å². The summed E-state index contributed by atoms with van der Waals surface area (Å²) in [7, 11) is 0. The van der Waals surface area contributed by atoms with E-state index >= 15 is 0 Å². The molecule has 1 fully saturated rings. The Bertz CT molecular complexity index is 716. The van der Waals surface area contributed by atoms with E-state index in [4.69, 9.17) is 4.52 Å². The molecule has 1 aromatic heterocycles. The van der Waals surface area contributed by atoms with Gasteiger partial charge in [0.25, 0.3) is 5.91 Å². The van der Waals surface area contributed by atoms with E-state index in [1.807, 2.05) is 0 Å².